The fourth-order valence-electron chi connectivity index (χ4n) is 2.66. The number of aromatic nitrogens is 1. The SMILES string of the molecule is COC1(CNCc2ncc(C)c([N+](=O)[O-])c2C)CCC1. The molecule has 6 nitrogen and oxygen atoms in total. The number of hydrogen-bond acceptors (Lipinski definition) is 5. The van der Waals surface area contributed by atoms with Crippen LogP contribution >= 0.6 is 0 Å². The van der Waals surface area contributed by atoms with Gasteiger partial charge in [-0.2, -0.15) is 0 Å². The molecule has 1 aromatic heterocycles. The minimum atomic E-state index is -0.335. The molecule has 1 aromatic rings. The van der Waals surface area contributed by atoms with E-state index in [0.717, 1.165) is 25.1 Å². The van der Waals surface area contributed by atoms with Crippen molar-refractivity contribution in [1.82, 2.24) is 10.3 Å². The van der Waals surface area contributed by atoms with Gasteiger partial charge in [0.2, 0.25) is 0 Å². The molecule has 20 heavy (non-hydrogen) atoms. The van der Waals surface area contributed by atoms with Crippen molar-refractivity contribution in [3.63, 3.8) is 0 Å². The van der Waals surface area contributed by atoms with E-state index in [-0.39, 0.29) is 16.2 Å². The van der Waals surface area contributed by atoms with E-state index in [4.69, 9.17) is 4.74 Å². The Morgan fingerprint density at radius 2 is 2.20 bits per heavy atom. The first-order valence-electron chi connectivity index (χ1n) is 6.84. The number of nitro groups is 1. The monoisotopic (exact) mass is 279 g/mol. The number of hydrogen-bond donors (Lipinski definition) is 1. The van der Waals surface area contributed by atoms with Crippen LogP contribution in [0.2, 0.25) is 0 Å². The first kappa shape index (κ1) is 14.9. The topological polar surface area (TPSA) is 77.3 Å². The van der Waals surface area contributed by atoms with E-state index in [9.17, 15) is 10.1 Å². The van der Waals surface area contributed by atoms with E-state index in [1.807, 2.05) is 0 Å². The number of pyridine rings is 1. The fourth-order valence-corrected chi connectivity index (χ4v) is 2.66. The molecule has 0 unspecified atom stereocenters. The molecule has 1 saturated carbocycles. The quantitative estimate of drug-likeness (QED) is 0.638. The second-order valence-electron chi connectivity index (χ2n) is 5.46. The van der Waals surface area contributed by atoms with E-state index < -0.39 is 0 Å². The van der Waals surface area contributed by atoms with Gasteiger partial charge in [0.05, 0.1) is 16.2 Å². The summed E-state index contributed by atoms with van der Waals surface area (Å²) in [4.78, 5) is 15.0. The zero-order chi connectivity index (χ0) is 14.8. The van der Waals surface area contributed by atoms with Gasteiger partial charge in [0.1, 0.15) is 0 Å². The Kier molecular flexibility index (Phi) is 4.35. The van der Waals surface area contributed by atoms with Crippen LogP contribution in [0.3, 0.4) is 0 Å². The number of nitrogens with one attached hydrogen (secondary N) is 1. The van der Waals surface area contributed by atoms with E-state index in [0.29, 0.717) is 17.7 Å². The molecule has 2 rings (SSSR count). The minimum Gasteiger partial charge on any atom is -0.377 e. The van der Waals surface area contributed by atoms with Crippen LogP contribution in [0.1, 0.15) is 36.1 Å². The summed E-state index contributed by atoms with van der Waals surface area (Å²) < 4.78 is 5.53. The molecule has 1 aliphatic carbocycles. The molecule has 0 saturated heterocycles. The van der Waals surface area contributed by atoms with Crippen molar-refractivity contribution < 1.29 is 9.66 Å². The number of aryl methyl sites for hydroxylation is 1. The van der Waals surface area contributed by atoms with Gasteiger partial charge in [-0.1, -0.05) is 0 Å². The zero-order valence-electron chi connectivity index (χ0n) is 12.2. The average molecular weight is 279 g/mol. The normalized spacial score (nSPS) is 16.8. The van der Waals surface area contributed by atoms with Crippen LogP contribution in [-0.2, 0) is 11.3 Å². The third kappa shape index (κ3) is 2.81. The highest BCUT2D eigenvalue weighted by Gasteiger charge is 2.36. The Morgan fingerprint density at radius 1 is 1.50 bits per heavy atom. The van der Waals surface area contributed by atoms with Gasteiger partial charge in [0, 0.05) is 37.5 Å². The molecule has 0 amide bonds. The van der Waals surface area contributed by atoms with Crippen molar-refractivity contribution in [3.8, 4) is 0 Å². The van der Waals surface area contributed by atoms with Gasteiger partial charge in [-0.25, -0.2) is 0 Å². The number of rotatable bonds is 6. The van der Waals surface area contributed by atoms with Crippen molar-refractivity contribution >= 4 is 5.69 Å². The Balaban J connectivity index is 2.03. The molecule has 0 aromatic carbocycles. The molecule has 1 heterocycles. The number of nitrogens with zero attached hydrogens (tertiary/aromatic N) is 2. The summed E-state index contributed by atoms with van der Waals surface area (Å²) >= 11 is 0. The predicted octanol–water partition coefficient (Wildman–Crippen LogP) is 2.27. The molecule has 1 aliphatic rings. The number of ether oxygens (including phenoxy) is 1. The third-order valence-corrected chi connectivity index (χ3v) is 4.20. The van der Waals surface area contributed by atoms with Crippen molar-refractivity contribution in [1.29, 1.82) is 0 Å². The first-order valence-corrected chi connectivity index (χ1v) is 6.84. The van der Waals surface area contributed by atoms with Crippen LogP contribution in [0.5, 0.6) is 0 Å². The second-order valence-corrected chi connectivity index (χ2v) is 5.46. The maximum atomic E-state index is 11.1. The standard InChI is InChI=1S/C14H21N3O3/c1-10-7-16-12(11(2)13(10)17(18)19)8-15-9-14(20-3)5-4-6-14/h7,15H,4-6,8-9H2,1-3H3. The highest BCUT2D eigenvalue weighted by molar-refractivity contribution is 5.47. The van der Waals surface area contributed by atoms with Gasteiger partial charge >= 0.3 is 0 Å². The van der Waals surface area contributed by atoms with E-state index in [2.05, 4.69) is 10.3 Å². The highest BCUT2D eigenvalue weighted by Crippen LogP contribution is 2.34. The molecule has 1 N–H and O–H groups in total. The van der Waals surface area contributed by atoms with Crippen LogP contribution in [0, 0.1) is 24.0 Å². The van der Waals surface area contributed by atoms with Gasteiger partial charge in [-0.15, -0.1) is 0 Å². The number of methoxy groups -OCH3 is 1. The molecular formula is C14H21N3O3. The van der Waals surface area contributed by atoms with Crippen LogP contribution in [-0.4, -0.2) is 29.2 Å². The predicted molar refractivity (Wildman–Crippen MR) is 75.7 cm³/mol. The summed E-state index contributed by atoms with van der Waals surface area (Å²) in [7, 11) is 1.74. The fraction of sp³-hybridized carbons (Fsp3) is 0.643. The molecule has 6 heteroatoms. The van der Waals surface area contributed by atoms with Gasteiger partial charge < -0.3 is 10.1 Å². The first-order chi connectivity index (χ1) is 9.49. The second kappa shape index (κ2) is 5.85. The molecule has 0 spiro atoms. The summed E-state index contributed by atoms with van der Waals surface area (Å²) in [6.45, 7) is 4.75. The average Bonchev–Trinajstić information content (AvgIpc) is 2.35. The highest BCUT2D eigenvalue weighted by atomic mass is 16.6. The molecule has 1 fully saturated rings. The molecule has 0 bridgehead atoms. The summed E-state index contributed by atoms with van der Waals surface area (Å²) in [5.74, 6) is 0. The van der Waals surface area contributed by atoms with Crippen molar-refractivity contribution in [2.45, 2.75) is 45.3 Å². The van der Waals surface area contributed by atoms with Crippen molar-refractivity contribution in [2.75, 3.05) is 13.7 Å². The summed E-state index contributed by atoms with van der Waals surface area (Å²) in [6.07, 6.45) is 4.90. The van der Waals surface area contributed by atoms with E-state index in [1.54, 1.807) is 27.2 Å². The maximum absolute atomic E-state index is 11.1. The van der Waals surface area contributed by atoms with Gasteiger partial charge in [-0.05, 0) is 33.1 Å². The van der Waals surface area contributed by atoms with Crippen molar-refractivity contribution in [2.24, 2.45) is 0 Å². The molecule has 0 radical (unpaired) electrons. The lowest BCUT2D eigenvalue weighted by molar-refractivity contribution is -0.386. The molecule has 0 aliphatic heterocycles. The molecule has 0 atom stereocenters. The summed E-state index contributed by atoms with van der Waals surface area (Å²) in [5, 5.41) is 14.4. The Morgan fingerprint density at radius 3 is 2.70 bits per heavy atom. The van der Waals surface area contributed by atoms with Crippen molar-refractivity contribution in [3.05, 3.63) is 33.1 Å². The van der Waals surface area contributed by atoms with Crippen LogP contribution in [0.25, 0.3) is 0 Å². The lowest BCUT2D eigenvalue weighted by Crippen LogP contribution is -2.47. The smallest absolute Gasteiger partial charge is 0.278 e. The van der Waals surface area contributed by atoms with Gasteiger partial charge in [0.15, 0.2) is 0 Å². The minimum absolute atomic E-state index is 0.0511. The van der Waals surface area contributed by atoms with E-state index in [1.165, 1.54) is 6.42 Å². The zero-order valence-corrected chi connectivity index (χ0v) is 12.2. The third-order valence-electron chi connectivity index (χ3n) is 4.20. The van der Waals surface area contributed by atoms with Crippen LogP contribution < -0.4 is 5.32 Å². The van der Waals surface area contributed by atoms with Crippen LogP contribution in [0.15, 0.2) is 6.20 Å². The van der Waals surface area contributed by atoms with E-state index >= 15 is 0 Å². The maximum Gasteiger partial charge on any atom is 0.278 e. The molecular weight excluding hydrogens is 258 g/mol. The largest absolute Gasteiger partial charge is 0.377 e. The lowest BCUT2D eigenvalue weighted by Gasteiger charge is -2.40. The van der Waals surface area contributed by atoms with Gasteiger partial charge in [0.25, 0.3) is 5.69 Å². The van der Waals surface area contributed by atoms with Gasteiger partial charge in [-0.3, -0.25) is 15.1 Å². The van der Waals surface area contributed by atoms with Crippen LogP contribution in [0.4, 0.5) is 5.69 Å². The molecule has 110 valence electrons. The Bertz CT molecular complexity index is 507. The summed E-state index contributed by atoms with van der Waals surface area (Å²) in [5.41, 5.74) is 2.09. The Labute approximate surface area is 118 Å². The summed E-state index contributed by atoms with van der Waals surface area (Å²) in [6, 6.07) is 0. The lowest BCUT2D eigenvalue weighted by atomic mass is 9.80. The Hall–Kier alpha value is -1.53.